The number of hydrogen-bond acceptors (Lipinski definition) is 3. The largest absolute Gasteiger partial charge is 0.322 e. The van der Waals surface area contributed by atoms with Gasteiger partial charge in [-0.2, -0.15) is 0 Å². The molecule has 0 radical (unpaired) electrons. The van der Waals surface area contributed by atoms with Crippen molar-refractivity contribution in [2.24, 2.45) is 0 Å². The van der Waals surface area contributed by atoms with Crippen LogP contribution in [0.3, 0.4) is 0 Å². The number of nitrogens with zero attached hydrogens (tertiary/aromatic N) is 3. The molecule has 2 amide bonds. The molecule has 0 bridgehead atoms. The number of amides is 2. The smallest absolute Gasteiger partial charge is 0.315 e. The highest BCUT2D eigenvalue weighted by Crippen LogP contribution is 2.26. The van der Waals surface area contributed by atoms with Gasteiger partial charge in [-0.15, -0.1) is 0 Å². The first kappa shape index (κ1) is 19.5. The van der Waals surface area contributed by atoms with E-state index >= 15 is 0 Å². The number of benzene rings is 1. The summed E-state index contributed by atoms with van der Waals surface area (Å²) in [6.07, 6.45) is 1.73. The van der Waals surface area contributed by atoms with Crippen LogP contribution in [0.2, 0.25) is 10.0 Å². The van der Waals surface area contributed by atoms with Crippen LogP contribution in [-0.4, -0.2) is 48.0 Å². The molecule has 1 unspecified atom stereocenters. The summed E-state index contributed by atoms with van der Waals surface area (Å²) in [7, 11) is 3.95. The van der Waals surface area contributed by atoms with Crippen LogP contribution in [0.4, 0.5) is 10.5 Å². The minimum Gasteiger partial charge on any atom is -0.315 e. The Balaban J connectivity index is 2.18. The molecule has 2 rings (SSSR count). The second-order valence-electron chi connectivity index (χ2n) is 5.99. The summed E-state index contributed by atoms with van der Waals surface area (Å²) < 4.78 is 0. The SMILES string of the molecule is CC(c1ccccn1)N(CCN(C)C)C(=O)Nc1ccc(Cl)c(Cl)c1. The first-order chi connectivity index (χ1) is 11.9. The molecule has 2 aromatic rings. The lowest BCUT2D eigenvalue weighted by molar-refractivity contribution is 0.183. The lowest BCUT2D eigenvalue weighted by Gasteiger charge is -2.30. The monoisotopic (exact) mass is 380 g/mol. The Hall–Kier alpha value is -1.82. The van der Waals surface area contributed by atoms with Crippen LogP contribution in [0, 0.1) is 0 Å². The first-order valence-electron chi connectivity index (χ1n) is 7.97. The number of hydrogen-bond donors (Lipinski definition) is 1. The van der Waals surface area contributed by atoms with Crippen LogP contribution in [0.15, 0.2) is 42.6 Å². The molecule has 7 heteroatoms. The van der Waals surface area contributed by atoms with Crippen LogP contribution in [-0.2, 0) is 0 Å². The molecule has 1 atom stereocenters. The summed E-state index contributed by atoms with van der Waals surface area (Å²) >= 11 is 12.0. The molecule has 5 nitrogen and oxygen atoms in total. The molecule has 0 aliphatic heterocycles. The van der Waals surface area contributed by atoms with Gasteiger partial charge in [0.15, 0.2) is 0 Å². The number of rotatable bonds is 6. The molecule has 134 valence electrons. The average molecular weight is 381 g/mol. The summed E-state index contributed by atoms with van der Waals surface area (Å²) in [5.74, 6) is 0. The van der Waals surface area contributed by atoms with Gasteiger partial charge in [-0.25, -0.2) is 4.79 Å². The van der Waals surface area contributed by atoms with Crippen LogP contribution < -0.4 is 5.32 Å². The van der Waals surface area contributed by atoms with Gasteiger partial charge < -0.3 is 15.1 Å². The first-order valence-corrected chi connectivity index (χ1v) is 8.72. The number of urea groups is 1. The number of anilines is 1. The molecular weight excluding hydrogens is 359 g/mol. The van der Waals surface area contributed by atoms with Crippen LogP contribution in [0.1, 0.15) is 18.7 Å². The van der Waals surface area contributed by atoms with Crippen molar-refractivity contribution >= 4 is 34.9 Å². The van der Waals surface area contributed by atoms with Crippen molar-refractivity contribution in [2.45, 2.75) is 13.0 Å². The minimum atomic E-state index is -0.210. The average Bonchev–Trinajstić information content (AvgIpc) is 2.58. The molecule has 0 saturated carbocycles. The third kappa shape index (κ3) is 5.59. The zero-order valence-corrected chi connectivity index (χ0v) is 16.1. The number of halogens is 2. The summed E-state index contributed by atoms with van der Waals surface area (Å²) in [4.78, 5) is 21.0. The highest BCUT2D eigenvalue weighted by molar-refractivity contribution is 6.42. The van der Waals surface area contributed by atoms with Gasteiger partial charge >= 0.3 is 6.03 Å². The van der Waals surface area contributed by atoms with Crippen molar-refractivity contribution in [3.8, 4) is 0 Å². The number of nitrogens with one attached hydrogen (secondary N) is 1. The molecule has 0 spiro atoms. The van der Waals surface area contributed by atoms with Crippen molar-refractivity contribution in [1.29, 1.82) is 0 Å². The van der Waals surface area contributed by atoms with Crippen molar-refractivity contribution in [2.75, 3.05) is 32.5 Å². The highest BCUT2D eigenvalue weighted by Gasteiger charge is 2.22. The second kappa shape index (κ2) is 9.04. The highest BCUT2D eigenvalue weighted by atomic mass is 35.5. The van der Waals surface area contributed by atoms with Crippen molar-refractivity contribution < 1.29 is 4.79 Å². The Bertz CT molecular complexity index is 709. The molecule has 0 aliphatic rings. The number of carbonyl (C=O) groups is 1. The van der Waals surface area contributed by atoms with Crippen LogP contribution in [0.25, 0.3) is 0 Å². The number of likely N-dealkylation sites (N-methyl/N-ethyl adjacent to an activating group) is 1. The number of carbonyl (C=O) groups excluding carboxylic acids is 1. The van der Waals surface area contributed by atoms with E-state index in [0.29, 0.717) is 22.3 Å². The maximum atomic E-state index is 12.8. The van der Waals surface area contributed by atoms with E-state index in [1.54, 1.807) is 29.3 Å². The fraction of sp³-hybridized carbons (Fsp3) is 0.333. The van der Waals surface area contributed by atoms with E-state index in [2.05, 4.69) is 10.3 Å². The lowest BCUT2D eigenvalue weighted by atomic mass is 10.2. The van der Waals surface area contributed by atoms with E-state index < -0.39 is 0 Å². The summed E-state index contributed by atoms with van der Waals surface area (Å²) in [6, 6.07) is 10.3. The molecular formula is C18H22Cl2N4O. The van der Waals surface area contributed by atoms with Crippen molar-refractivity contribution in [3.63, 3.8) is 0 Å². The van der Waals surface area contributed by atoms with E-state index in [1.165, 1.54) is 0 Å². The number of aromatic nitrogens is 1. The molecule has 1 aromatic carbocycles. The van der Waals surface area contributed by atoms with Crippen LogP contribution >= 0.6 is 23.2 Å². The van der Waals surface area contributed by atoms with E-state index in [-0.39, 0.29) is 12.1 Å². The standard InChI is InChI=1S/C18H22Cl2N4O/c1-13(17-6-4-5-9-21-17)24(11-10-23(2)3)18(25)22-14-7-8-15(19)16(20)12-14/h4-9,12-13H,10-11H2,1-3H3,(H,22,25). The Morgan fingerprint density at radius 3 is 2.52 bits per heavy atom. The molecule has 0 saturated heterocycles. The van der Waals surface area contributed by atoms with Gasteiger partial charge in [-0.05, 0) is 51.4 Å². The Kier molecular flexibility index (Phi) is 7.05. The topological polar surface area (TPSA) is 48.5 Å². The fourth-order valence-corrected chi connectivity index (χ4v) is 2.63. The maximum absolute atomic E-state index is 12.8. The minimum absolute atomic E-state index is 0.163. The third-order valence-electron chi connectivity index (χ3n) is 3.80. The van der Waals surface area contributed by atoms with Crippen molar-refractivity contribution in [3.05, 3.63) is 58.3 Å². The lowest BCUT2D eigenvalue weighted by Crippen LogP contribution is -2.41. The molecule has 0 fully saturated rings. The van der Waals surface area contributed by atoms with E-state index in [1.807, 2.05) is 44.1 Å². The number of pyridine rings is 1. The molecule has 25 heavy (non-hydrogen) atoms. The Morgan fingerprint density at radius 1 is 1.16 bits per heavy atom. The second-order valence-corrected chi connectivity index (χ2v) is 6.80. The fourth-order valence-electron chi connectivity index (χ4n) is 2.33. The van der Waals surface area contributed by atoms with Gasteiger partial charge in [-0.3, -0.25) is 4.98 Å². The zero-order chi connectivity index (χ0) is 18.4. The van der Waals surface area contributed by atoms with Gasteiger partial charge in [0.05, 0.1) is 21.8 Å². The van der Waals surface area contributed by atoms with E-state index in [0.717, 1.165) is 12.2 Å². The maximum Gasteiger partial charge on any atom is 0.322 e. The Labute approximate surface area is 158 Å². The van der Waals surface area contributed by atoms with Gasteiger partial charge in [0, 0.05) is 25.0 Å². The molecule has 1 heterocycles. The van der Waals surface area contributed by atoms with Crippen molar-refractivity contribution in [1.82, 2.24) is 14.8 Å². The van der Waals surface area contributed by atoms with Gasteiger partial charge in [0.1, 0.15) is 0 Å². The molecule has 1 N–H and O–H groups in total. The predicted molar refractivity (Wildman–Crippen MR) is 103 cm³/mol. The molecule has 1 aromatic heterocycles. The zero-order valence-electron chi connectivity index (χ0n) is 14.5. The molecule has 0 aliphatic carbocycles. The third-order valence-corrected chi connectivity index (χ3v) is 4.54. The predicted octanol–water partition coefficient (Wildman–Crippen LogP) is 4.55. The Morgan fingerprint density at radius 2 is 1.92 bits per heavy atom. The van der Waals surface area contributed by atoms with Gasteiger partial charge in [0.2, 0.25) is 0 Å². The normalized spacial score (nSPS) is 12.1. The quantitative estimate of drug-likeness (QED) is 0.799. The van der Waals surface area contributed by atoms with Crippen LogP contribution in [0.5, 0.6) is 0 Å². The van der Waals surface area contributed by atoms with Gasteiger partial charge in [-0.1, -0.05) is 29.3 Å². The van der Waals surface area contributed by atoms with E-state index in [4.69, 9.17) is 23.2 Å². The summed E-state index contributed by atoms with van der Waals surface area (Å²) in [5.41, 5.74) is 1.44. The van der Waals surface area contributed by atoms with Gasteiger partial charge in [0.25, 0.3) is 0 Å². The summed E-state index contributed by atoms with van der Waals surface area (Å²) in [5, 5.41) is 3.73. The summed E-state index contributed by atoms with van der Waals surface area (Å²) in [6.45, 7) is 3.27. The van der Waals surface area contributed by atoms with E-state index in [9.17, 15) is 4.79 Å².